The third-order valence-corrected chi connectivity index (χ3v) is 4.43. The summed E-state index contributed by atoms with van der Waals surface area (Å²) in [4.78, 5) is 0.790. The second-order valence-corrected chi connectivity index (χ2v) is 5.48. The van der Waals surface area contributed by atoms with E-state index in [2.05, 4.69) is 14.7 Å². The minimum Gasteiger partial charge on any atom is -0.387 e. The van der Waals surface area contributed by atoms with Gasteiger partial charge in [-0.05, 0) is 31.8 Å². The maximum atomic E-state index is 10.3. The van der Waals surface area contributed by atoms with Crippen LogP contribution in [0, 0.1) is 6.92 Å². The lowest BCUT2D eigenvalue weighted by molar-refractivity contribution is 0.178. The first-order valence-corrected chi connectivity index (χ1v) is 7.44. The molecule has 0 saturated heterocycles. The van der Waals surface area contributed by atoms with Gasteiger partial charge in [0.05, 0.1) is 33.1 Å². The molecule has 0 aliphatic heterocycles. The molecule has 104 valence electrons. The Labute approximate surface area is 121 Å². The highest BCUT2D eigenvalue weighted by molar-refractivity contribution is 7.05. The lowest BCUT2D eigenvalue weighted by atomic mass is 10.1. The highest BCUT2D eigenvalue weighted by Crippen LogP contribution is 2.28. The van der Waals surface area contributed by atoms with E-state index in [-0.39, 0.29) is 0 Å². The molecule has 2 heterocycles. The zero-order valence-corrected chi connectivity index (χ0v) is 12.8. The average molecular weight is 301 g/mol. The summed E-state index contributed by atoms with van der Waals surface area (Å²) in [6.45, 7) is 6.61. The first-order chi connectivity index (χ1) is 9.08. The molecular weight excluding hydrogens is 284 g/mol. The number of rotatable bonds is 5. The largest absolute Gasteiger partial charge is 0.387 e. The van der Waals surface area contributed by atoms with Gasteiger partial charge in [0.25, 0.3) is 0 Å². The Hall–Kier alpha value is -0.980. The Bertz CT molecular complexity index is 566. The van der Waals surface area contributed by atoms with Crippen molar-refractivity contribution in [3.8, 4) is 0 Å². The maximum absolute atomic E-state index is 10.3. The monoisotopic (exact) mass is 300 g/mol. The van der Waals surface area contributed by atoms with Crippen molar-refractivity contribution in [2.24, 2.45) is 0 Å². The second kappa shape index (κ2) is 5.98. The van der Waals surface area contributed by atoms with Gasteiger partial charge in [-0.3, -0.25) is 4.68 Å². The third-order valence-electron chi connectivity index (χ3n) is 3.07. The zero-order chi connectivity index (χ0) is 14.0. The van der Waals surface area contributed by atoms with Gasteiger partial charge in [0.2, 0.25) is 0 Å². The molecule has 0 amide bonds. The van der Waals surface area contributed by atoms with Crippen LogP contribution in [0.4, 0.5) is 0 Å². The lowest BCUT2D eigenvalue weighted by Gasteiger charge is -2.10. The molecule has 1 unspecified atom stereocenters. The van der Waals surface area contributed by atoms with Crippen molar-refractivity contribution in [2.75, 3.05) is 0 Å². The van der Waals surface area contributed by atoms with E-state index in [0.717, 1.165) is 34.9 Å². The van der Waals surface area contributed by atoms with Crippen LogP contribution in [0.1, 0.15) is 41.9 Å². The van der Waals surface area contributed by atoms with Crippen LogP contribution in [0.5, 0.6) is 0 Å². The normalized spacial score (nSPS) is 12.9. The van der Waals surface area contributed by atoms with Crippen molar-refractivity contribution in [2.45, 2.75) is 46.3 Å². The standard InChI is InChI=1S/C12H17ClN4OS/c1-4-8-11(13)9(17(5-2)15-8)6-10(18)12-7(3)14-16-19-12/h10,18H,4-6H2,1-3H3. The Morgan fingerprint density at radius 3 is 2.68 bits per heavy atom. The van der Waals surface area contributed by atoms with Gasteiger partial charge in [-0.25, -0.2) is 0 Å². The van der Waals surface area contributed by atoms with Crippen molar-refractivity contribution in [3.05, 3.63) is 27.0 Å². The summed E-state index contributed by atoms with van der Waals surface area (Å²) in [5.74, 6) is 0. The maximum Gasteiger partial charge on any atom is 0.0972 e. The first-order valence-electron chi connectivity index (χ1n) is 6.29. The fourth-order valence-electron chi connectivity index (χ4n) is 2.03. The van der Waals surface area contributed by atoms with Gasteiger partial charge in [-0.15, -0.1) is 5.10 Å². The molecule has 0 aromatic carbocycles. The van der Waals surface area contributed by atoms with Crippen LogP contribution in [0.3, 0.4) is 0 Å². The number of hydrogen-bond acceptors (Lipinski definition) is 5. The number of nitrogens with zero attached hydrogens (tertiary/aromatic N) is 4. The molecule has 0 aliphatic rings. The zero-order valence-electron chi connectivity index (χ0n) is 11.2. The number of hydrogen-bond donors (Lipinski definition) is 1. The molecule has 2 aromatic rings. The molecule has 0 aliphatic carbocycles. The van der Waals surface area contributed by atoms with Gasteiger partial charge in [0.1, 0.15) is 0 Å². The fraction of sp³-hybridized carbons (Fsp3) is 0.583. The molecule has 1 N–H and O–H groups in total. The molecule has 0 bridgehead atoms. The van der Waals surface area contributed by atoms with Crippen molar-refractivity contribution < 1.29 is 5.11 Å². The smallest absolute Gasteiger partial charge is 0.0972 e. The molecule has 5 nitrogen and oxygen atoms in total. The van der Waals surface area contributed by atoms with Crippen LogP contribution in [0.25, 0.3) is 0 Å². The van der Waals surface area contributed by atoms with E-state index in [1.807, 2.05) is 25.5 Å². The summed E-state index contributed by atoms with van der Waals surface area (Å²) in [6, 6.07) is 0. The molecule has 7 heteroatoms. The Balaban J connectivity index is 2.28. The number of aliphatic hydroxyl groups is 1. The molecule has 0 fully saturated rings. The Morgan fingerprint density at radius 2 is 2.16 bits per heavy atom. The second-order valence-electron chi connectivity index (χ2n) is 4.32. The van der Waals surface area contributed by atoms with E-state index >= 15 is 0 Å². The molecule has 2 rings (SSSR count). The summed E-state index contributed by atoms with van der Waals surface area (Å²) >= 11 is 7.56. The molecule has 0 spiro atoms. The van der Waals surface area contributed by atoms with Gasteiger partial charge in [0, 0.05) is 13.0 Å². The van der Waals surface area contributed by atoms with Gasteiger partial charge < -0.3 is 5.11 Å². The van der Waals surface area contributed by atoms with Gasteiger partial charge in [-0.2, -0.15) is 5.10 Å². The summed E-state index contributed by atoms with van der Waals surface area (Å²) < 4.78 is 5.70. The van der Waals surface area contributed by atoms with Crippen LogP contribution >= 0.6 is 23.1 Å². The van der Waals surface area contributed by atoms with Crippen LogP contribution in [0.2, 0.25) is 5.02 Å². The predicted molar refractivity (Wildman–Crippen MR) is 75.6 cm³/mol. The van der Waals surface area contributed by atoms with Gasteiger partial charge >= 0.3 is 0 Å². The van der Waals surface area contributed by atoms with Gasteiger partial charge in [-0.1, -0.05) is 23.0 Å². The van der Waals surface area contributed by atoms with Crippen LogP contribution < -0.4 is 0 Å². The van der Waals surface area contributed by atoms with Crippen molar-refractivity contribution >= 4 is 23.1 Å². The predicted octanol–water partition coefficient (Wildman–Crippen LogP) is 2.55. The average Bonchev–Trinajstić information content (AvgIpc) is 2.95. The van der Waals surface area contributed by atoms with E-state index < -0.39 is 6.10 Å². The SMILES string of the molecule is CCc1nn(CC)c(CC(O)c2snnc2C)c1Cl. The summed E-state index contributed by atoms with van der Waals surface area (Å²) in [5, 5.41) is 19.3. The number of aliphatic hydroxyl groups excluding tert-OH is 1. The molecule has 1 atom stereocenters. The first kappa shape index (κ1) is 14.4. The van der Waals surface area contributed by atoms with Gasteiger partial charge in [0.15, 0.2) is 0 Å². The number of aryl methyl sites for hydroxylation is 3. The number of aromatic nitrogens is 4. The van der Waals surface area contributed by atoms with E-state index in [1.165, 1.54) is 11.5 Å². The van der Waals surface area contributed by atoms with Crippen LogP contribution in [-0.4, -0.2) is 24.5 Å². The van der Waals surface area contributed by atoms with E-state index in [4.69, 9.17) is 11.6 Å². The molecule has 19 heavy (non-hydrogen) atoms. The lowest BCUT2D eigenvalue weighted by Crippen LogP contribution is -2.08. The van der Waals surface area contributed by atoms with E-state index in [0.29, 0.717) is 11.4 Å². The summed E-state index contributed by atoms with van der Waals surface area (Å²) in [6.07, 6.45) is 0.588. The van der Waals surface area contributed by atoms with Crippen molar-refractivity contribution in [3.63, 3.8) is 0 Å². The fourth-order valence-corrected chi connectivity index (χ4v) is 3.01. The topological polar surface area (TPSA) is 63.8 Å². The molecule has 0 saturated carbocycles. The van der Waals surface area contributed by atoms with Crippen LogP contribution in [0.15, 0.2) is 0 Å². The number of halogens is 1. The minimum atomic E-state index is -0.635. The molecule has 0 radical (unpaired) electrons. The molecular formula is C12H17ClN4OS. The molecule has 2 aromatic heterocycles. The Kier molecular flexibility index (Phi) is 4.54. The van der Waals surface area contributed by atoms with E-state index in [9.17, 15) is 5.11 Å². The van der Waals surface area contributed by atoms with Crippen molar-refractivity contribution in [1.82, 2.24) is 19.4 Å². The minimum absolute atomic E-state index is 0.435. The van der Waals surface area contributed by atoms with Crippen LogP contribution in [-0.2, 0) is 19.4 Å². The third kappa shape index (κ3) is 2.80. The quantitative estimate of drug-likeness (QED) is 0.922. The highest BCUT2D eigenvalue weighted by atomic mass is 35.5. The highest BCUT2D eigenvalue weighted by Gasteiger charge is 2.21. The Morgan fingerprint density at radius 1 is 1.42 bits per heavy atom. The summed E-state index contributed by atoms with van der Waals surface area (Å²) in [7, 11) is 0. The van der Waals surface area contributed by atoms with Crippen molar-refractivity contribution in [1.29, 1.82) is 0 Å². The van der Waals surface area contributed by atoms with E-state index in [1.54, 1.807) is 0 Å². The summed E-state index contributed by atoms with van der Waals surface area (Å²) in [5.41, 5.74) is 2.53.